The summed E-state index contributed by atoms with van der Waals surface area (Å²) < 4.78 is 11.0. The third-order valence-electron chi connectivity index (χ3n) is 4.22. The minimum absolute atomic E-state index is 0.228. The monoisotopic (exact) mass is 361 g/mol. The van der Waals surface area contributed by atoms with Gasteiger partial charge >= 0.3 is 0 Å². The van der Waals surface area contributed by atoms with Crippen LogP contribution in [-0.4, -0.2) is 11.1 Å². The van der Waals surface area contributed by atoms with Crippen LogP contribution < -0.4 is 10.1 Å². The zero-order valence-corrected chi connectivity index (χ0v) is 15.2. The topological polar surface area (TPSA) is 88.2 Å². The lowest BCUT2D eigenvalue weighted by atomic mass is 10.1. The largest absolute Gasteiger partial charge is 0.488 e. The lowest BCUT2D eigenvalue weighted by Crippen LogP contribution is -2.23. The van der Waals surface area contributed by atoms with Crippen molar-refractivity contribution in [3.8, 4) is 11.8 Å². The van der Waals surface area contributed by atoms with E-state index in [1.165, 1.54) is 0 Å². The first-order chi connectivity index (χ1) is 13.1. The number of carbonyl (C=O) groups is 1. The fraction of sp³-hybridized carbons (Fsp3) is 0.190. The van der Waals surface area contributed by atoms with Gasteiger partial charge in [0.2, 0.25) is 0 Å². The van der Waals surface area contributed by atoms with Gasteiger partial charge in [-0.25, -0.2) is 0 Å². The van der Waals surface area contributed by atoms with E-state index in [-0.39, 0.29) is 12.5 Å². The number of amides is 1. The first kappa shape index (κ1) is 18.2. The molecule has 0 bridgehead atoms. The highest BCUT2D eigenvalue weighted by Gasteiger charge is 2.14. The lowest BCUT2D eigenvalue weighted by molar-refractivity contribution is 0.0946. The number of ether oxygens (including phenoxy) is 1. The number of hydrogen-bond donors (Lipinski definition) is 1. The number of para-hydroxylation sites is 1. The van der Waals surface area contributed by atoms with Crippen LogP contribution in [0, 0.1) is 25.2 Å². The van der Waals surface area contributed by atoms with Crippen molar-refractivity contribution in [1.82, 2.24) is 10.5 Å². The fourth-order valence-electron chi connectivity index (χ4n) is 2.61. The lowest BCUT2D eigenvalue weighted by Gasteiger charge is -2.12. The van der Waals surface area contributed by atoms with E-state index in [1.807, 2.05) is 32.0 Å². The number of nitrogens with zero attached hydrogens (tertiary/aromatic N) is 2. The number of nitrogens with one attached hydrogen (secondary N) is 1. The van der Waals surface area contributed by atoms with Crippen LogP contribution in [0.1, 0.15) is 38.5 Å². The molecular formula is C21H19N3O3. The van der Waals surface area contributed by atoms with Gasteiger partial charge < -0.3 is 14.6 Å². The van der Waals surface area contributed by atoms with Crippen LogP contribution in [0.5, 0.6) is 5.75 Å². The molecule has 1 amide bonds. The molecule has 0 aliphatic heterocycles. The molecule has 0 fully saturated rings. The molecule has 2 aromatic carbocycles. The maximum atomic E-state index is 12.6. The molecule has 0 aliphatic carbocycles. The zero-order valence-electron chi connectivity index (χ0n) is 15.2. The van der Waals surface area contributed by atoms with Gasteiger partial charge in [0.05, 0.1) is 28.5 Å². The molecule has 0 aliphatic rings. The predicted octanol–water partition coefficient (Wildman–Crippen LogP) is 3.67. The van der Waals surface area contributed by atoms with Gasteiger partial charge in [-0.15, -0.1) is 0 Å². The standard InChI is InChI=1S/C21H19N3O3/c1-14-19(15(2)27-24-14)13-26-20-6-4-3-5-18(20)21(25)23-12-17-9-7-16(11-22)8-10-17/h3-10H,12-13H2,1-2H3,(H,23,25). The summed E-state index contributed by atoms with van der Waals surface area (Å²) in [6, 6.07) is 16.2. The van der Waals surface area contributed by atoms with Crippen LogP contribution in [-0.2, 0) is 13.2 Å². The van der Waals surface area contributed by atoms with Crippen LogP contribution >= 0.6 is 0 Å². The average molecular weight is 361 g/mol. The predicted molar refractivity (Wildman–Crippen MR) is 99.1 cm³/mol. The van der Waals surface area contributed by atoms with Crippen molar-refractivity contribution in [3.05, 3.63) is 82.2 Å². The molecule has 0 spiro atoms. The van der Waals surface area contributed by atoms with Gasteiger partial charge in [-0.3, -0.25) is 4.79 Å². The molecule has 27 heavy (non-hydrogen) atoms. The van der Waals surface area contributed by atoms with E-state index >= 15 is 0 Å². The van der Waals surface area contributed by atoms with Gasteiger partial charge in [0.15, 0.2) is 0 Å². The summed E-state index contributed by atoms with van der Waals surface area (Å²) in [6.07, 6.45) is 0. The van der Waals surface area contributed by atoms with Gasteiger partial charge in [0.1, 0.15) is 18.1 Å². The first-order valence-electron chi connectivity index (χ1n) is 8.49. The molecular weight excluding hydrogens is 342 g/mol. The summed E-state index contributed by atoms with van der Waals surface area (Å²) in [7, 11) is 0. The Bertz CT molecular complexity index is 965. The quantitative estimate of drug-likeness (QED) is 0.724. The molecule has 1 heterocycles. The second-order valence-corrected chi connectivity index (χ2v) is 6.08. The highest BCUT2D eigenvalue weighted by atomic mass is 16.5. The van der Waals surface area contributed by atoms with Gasteiger partial charge in [-0.05, 0) is 43.7 Å². The van der Waals surface area contributed by atoms with Crippen molar-refractivity contribution in [2.75, 3.05) is 0 Å². The summed E-state index contributed by atoms with van der Waals surface area (Å²) >= 11 is 0. The van der Waals surface area contributed by atoms with E-state index in [0.717, 1.165) is 16.8 Å². The Morgan fingerprint density at radius 3 is 2.59 bits per heavy atom. The zero-order chi connectivity index (χ0) is 19.2. The molecule has 0 unspecified atom stereocenters. The van der Waals surface area contributed by atoms with Gasteiger partial charge in [-0.2, -0.15) is 5.26 Å². The Morgan fingerprint density at radius 1 is 1.19 bits per heavy atom. The van der Waals surface area contributed by atoms with E-state index in [4.69, 9.17) is 14.5 Å². The molecule has 0 saturated heterocycles. The Balaban J connectivity index is 1.67. The van der Waals surface area contributed by atoms with Crippen molar-refractivity contribution < 1.29 is 14.1 Å². The van der Waals surface area contributed by atoms with Crippen LogP contribution in [0.4, 0.5) is 0 Å². The molecule has 6 heteroatoms. The fourth-order valence-corrected chi connectivity index (χ4v) is 2.61. The van der Waals surface area contributed by atoms with Crippen molar-refractivity contribution >= 4 is 5.91 Å². The van der Waals surface area contributed by atoms with Gasteiger partial charge in [0.25, 0.3) is 5.91 Å². The number of benzene rings is 2. The molecule has 6 nitrogen and oxygen atoms in total. The van der Waals surface area contributed by atoms with E-state index in [9.17, 15) is 4.79 Å². The summed E-state index contributed by atoms with van der Waals surface area (Å²) in [4.78, 5) is 12.6. The number of carbonyl (C=O) groups excluding carboxylic acids is 1. The summed E-state index contributed by atoms with van der Waals surface area (Å²) in [6.45, 7) is 4.32. The van der Waals surface area contributed by atoms with E-state index in [2.05, 4.69) is 16.5 Å². The smallest absolute Gasteiger partial charge is 0.255 e. The van der Waals surface area contributed by atoms with E-state index < -0.39 is 0 Å². The number of aromatic nitrogens is 1. The Hall–Kier alpha value is -3.59. The van der Waals surface area contributed by atoms with Crippen molar-refractivity contribution in [2.24, 2.45) is 0 Å². The number of aryl methyl sites for hydroxylation is 2. The first-order valence-corrected chi connectivity index (χ1v) is 8.49. The second-order valence-electron chi connectivity index (χ2n) is 6.08. The molecule has 3 rings (SSSR count). The van der Waals surface area contributed by atoms with Crippen LogP contribution in [0.15, 0.2) is 53.1 Å². The second kappa shape index (κ2) is 8.19. The minimum atomic E-state index is -0.228. The van der Waals surface area contributed by atoms with Crippen molar-refractivity contribution in [1.29, 1.82) is 5.26 Å². The molecule has 0 atom stereocenters. The SMILES string of the molecule is Cc1noc(C)c1COc1ccccc1C(=O)NCc1ccc(C#N)cc1. The molecule has 0 radical (unpaired) electrons. The molecule has 136 valence electrons. The van der Waals surface area contributed by atoms with Crippen LogP contribution in [0.25, 0.3) is 0 Å². The van der Waals surface area contributed by atoms with Gasteiger partial charge in [-0.1, -0.05) is 29.4 Å². The number of hydrogen-bond acceptors (Lipinski definition) is 5. The molecule has 0 saturated carbocycles. The third kappa shape index (κ3) is 4.33. The minimum Gasteiger partial charge on any atom is -0.488 e. The van der Waals surface area contributed by atoms with E-state index in [0.29, 0.717) is 29.2 Å². The Labute approximate surface area is 157 Å². The molecule has 1 N–H and O–H groups in total. The number of nitriles is 1. The highest BCUT2D eigenvalue weighted by Crippen LogP contribution is 2.21. The molecule has 3 aromatic rings. The maximum absolute atomic E-state index is 12.6. The molecule has 1 aromatic heterocycles. The highest BCUT2D eigenvalue weighted by molar-refractivity contribution is 5.96. The van der Waals surface area contributed by atoms with Crippen LogP contribution in [0.3, 0.4) is 0 Å². The normalized spacial score (nSPS) is 10.3. The van der Waals surface area contributed by atoms with Crippen molar-refractivity contribution in [2.45, 2.75) is 27.0 Å². The Kier molecular flexibility index (Phi) is 5.53. The summed E-state index contributed by atoms with van der Waals surface area (Å²) in [5.74, 6) is 0.971. The Morgan fingerprint density at radius 2 is 1.93 bits per heavy atom. The van der Waals surface area contributed by atoms with E-state index in [1.54, 1.807) is 30.3 Å². The van der Waals surface area contributed by atoms with Crippen molar-refractivity contribution in [3.63, 3.8) is 0 Å². The number of rotatable bonds is 6. The average Bonchev–Trinajstić information content (AvgIpc) is 3.02. The third-order valence-corrected chi connectivity index (χ3v) is 4.22. The summed E-state index contributed by atoms with van der Waals surface area (Å²) in [5, 5.41) is 15.6. The summed E-state index contributed by atoms with van der Waals surface area (Å²) in [5.41, 5.74) is 3.61. The maximum Gasteiger partial charge on any atom is 0.255 e. The van der Waals surface area contributed by atoms with Gasteiger partial charge in [0, 0.05) is 6.54 Å². The van der Waals surface area contributed by atoms with Crippen LogP contribution in [0.2, 0.25) is 0 Å².